The summed E-state index contributed by atoms with van der Waals surface area (Å²) < 4.78 is 10.7. The second kappa shape index (κ2) is 8.03. The van der Waals surface area contributed by atoms with Crippen molar-refractivity contribution >= 4 is 22.8 Å². The molecule has 1 atom stereocenters. The van der Waals surface area contributed by atoms with Crippen LogP contribution in [0.3, 0.4) is 0 Å². The molecule has 7 heteroatoms. The normalized spacial score (nSPS) is 12.0. The summed E-state index contributed by atoms with van der Waals surface area (Å²) in [6, 6.07) is 2.70. The van der Waals surface area contributed by atoms with Crippen molar-refractivity contribution in [3.05, 3.63) is 39.2 Å². The van der Waals surface area contributed by atoms with Gasteiger partial charge in [0.2, 0.25) is 5.91 Å². The van der Waals surface area contributed by atoms with Gasteiger partial charge in [0.25, 0.3) is 0 Å². The van der Waals surface area contributed by atoms with Crippen LogP contribution in [-0.4, -0.2) is 30.1 Å². The number of hydrogen-bond donors (Lipinski definition) is 2. The third kappa shape index (κ3) is 3.87. The first kappa shape index (κ1) is 19.5. The molecule has 2 rings (SSSR count). The predicted molar refractivity (Wildman–Crippen MR) is 96.7 cm³/mol. The molecule has 26 heavy (non-hydrogen) atoms. The predicted octanol–water partition coefficient (Wildman–Crippen LogP) is 2.33. The van der Waals surface area contributed by atoms with Crippen molar-refractivity contribution in [1.29, 1.82) is 0 Å². The molecule has 0 spiro atoms. The number of carboxylic acid groups (broad SMARTS) is 1. The number of hydrogen-bond acceptors (Lipinski definition) is 5. The van der Waals surface area contributed by atoms with Crippen LogP contribution in [0.15, 0.2) is 21.3 Å². The maximum absolute atomic E-state index is 12.4. The number of rotatable bonds is 7. The number of carbonyl (C=O) groups excluding carboxylic acids is 1. The summed E-state index contributed by atoms with van der Waals surface area (Å²) >= 11 is 0. The van der Waals surface area contributed by atoms with Crippen LogP contribution in [0.5, 0.6) is 5.75 Å². The van der Waals surface area contributed by atoms with Crippen molar-refractivity contribution in [2.75, 3.05) is 7.11 Å². The summed E-state index contributed by atoms with van der Waals surface area (Å²) in [5, 5.41) is 12.2. The van der Waals surface area contributed by atoms with Crippen LogP contribution >= 0.6 is 0 Å². The van der Waals surface area contributed by atoms with Gasteiger partial charge in [-0.15, -0.1) is 0 Å². The molecule has 0 aliphatic rings. The molecule has 0 fully saturated rings. The second-order valence-electron chi connectivity index (χ2n) is 6.13. The van der Waals surface area contributed by atoms with Crippen LogP contribution in [0.25, 0.3) is 11.0 Å². The number of nitrogens with one attached hydrogen (secondary N) is 1. The van der Waals surface area contributed by atoms with E-state index in [4.69, 9.17) is 14.3 Å². The number of ether oxygens (including phenoxy) is 1. The van der Waals surface area contributed by atoms with E-state index in [1.807, 2.05) is 19.9 Å². The summed E-state index contributed by atoms with van der Waals surface area (Å²) in [5.74, 6) is -0.859. The van der Waals surface area contributed by atoms with E-state index in [9.17, 15) is 14.4 Å². The van der Waals surface area contributed by atoms with Crippen molar-refractivity contribution in [2.45, 2.75) is 46.1 Å². The molecule has 140 valence electrons. The fourth-order valence-electron chi connectivity index (χ4n) is 2.92. The van der Waals surface area contributed by atoms with Crippen molar-refractivity contribution in [3.63, 3.8) is 0 Å². The summed E-state index contributed by atoms with van der Waals surface area (Å²) in [7, 11) is 1.55. The number of carbonyl (C=O) groups is 2. The zero-order chi connectivity index (χ0) is 19.4. The van der Waals surface area contributed by atoms with Crippen molar-refractivity contribution < 1.29 is 23.8 Å². The monoisotopic (exact) mass is 361 g/mol. The summed E-state index contributed by atoms with van der Waals surface area (Å²) in [5.41, 5.74) is 1.88. The van der Waals surface area contributed by atoms with Crippen LogP contribution in [0, 0.1) is 13.8 Å². The van der Waals surface area contributed by atoms with Gasteiger partial charge in [0.05, 0.1) is 7.11 Å². The first-order chi connectivity index (χ1) is 12.3. The lowest BCUT2D eigenvalue weighted by molar-refractivity contribution is -0.141. The summed E-state index contributed by atoms with van der Waals surface area (Å²) in [6.07, 6.45) is 0.479. The highest BCUT2D eigenvalue weighted by atomic mass is 16.5. The molecule has 0 radical (unpaired) electrons. The van der Waals surface area contributed by atoms with Gasteiger partial charge in [0.15, 0.2) is 0 Å². The molecule has 1 aromatic carbocycles. The molecule has 0 saturated heterocycles. The van der Waals surface area contributed by atoms with Gasteiger partial charge >= 0.3 is 11.6 Å². The Morgan fingerprint density at radius 3 is 2.54 bits per heavy atom. The zero-order valence-corrected chi connectivity index (χ0v) is 15.3. The highest BCUT2D eigenvalue weighted by molar-refractivity contribution is 5.86. The number of carboxylic acids is 1. The Balaban J connectivity index is 2.27. The van der Waals surface area contributed by atoms with E-state index in [0.29, 0.717) is 23.3 Å². The first-order valence-electron chi connectivity index (χ1n) is 8.42. The minimum absolute atomic E-state index is 0.00994. The highest BCUT2D eigenvalue weighted by Gasteiger charge is 2.19. The number of amides is 1. The molecule has 0 saturated carbocycles. The van der Waals surface area contributed by atoms with E-state index in [2.05, 4.69) is 5.32 Å². The Hall–Kier alpha value is -2.83. The summed E-state index contributed by atoms with van der Waals surface area (Å²) in [4.78, 5) is 35.4. The molecule has 0 aliphatic carbocycles. The zero-order valence-electron chi connectivity index (χ0n) is 15.3. The molecule has 1 heterocycles. The molecule has 1 aromatic heterocycles. The first-order valence-corrected chi connectivity index (χ1v) is 8.42. The molecule has 0 bridgehead atoms. The average Bonchev–Trinajstić information content (AvgIpc) is 2.60. The molecule has 0 aliphatic heterocycles. The third-order valence-electron chi connectivity index (χ3n) is 4.52. The van der Waals surface area contributed by atoms with Gasteiger partial charge in [-0.3, -0.25) is 4.79 Å². The van der Waals surface area contributed by atoms with Crippen molar-refractivity contribution in [1.82, 2.24) is 5.32 Å². The van der Waals surface area contributed by atoms with Gasteiger partial charge < -0.3 is 19.6 Å². The fraction of sp³-hybridized carbons (Fsp3) is 0.421. The Kier molecular flexibility index (Phi) is 6.02. The molecular weight excluding hydrogens is 338 g/mol. The maximum Gasteiger partial charge on any atom is 0.339 e. The number of aliphatic carboxylic acids is 1. The van der Waals surface area contributed by atoms with Gasteiger partial charge in [-0.25, -0.2) is 9.59 Å². The lowest BCUT2D eigenvalue weighted by Gasteiger charge is -2.13. The maximum atomic E-state index is 12.4. The Morgan fingerprint density at radius 2 is 1.96 bits per heavy atom. The SMILES string of the molecule is CCC(NC(=O)CCc1c(C)c2ccc(OC)c(C)c2oc1=O)C(=O)O. The third-order valence-corrected chi connectivity index (χ3v) is 4.52. The van der Waals surface area contributed by atoms with E-state index >= 15 is 0 Å². The van der Waals surface area contributed by atoms with Crippen molar-refractivity contribution in [3.8, 4) is 5.75 Å². The molecule has 2 N–H and O–H groups in total. The van der Waals surface area contributed by atoms with E-state index in [-0.39, 0.29) is 12.8 Å². The van der Waals surface area contributed by atoms with Crippen LogP contribution in [0.4, 0.5) is 0 Å². The lowest BCUT2D eigenvalue weighted by atomic mass is 10.00. The number of fused-ring (bicyclic) bond motifs is 1. The van der Waals surface area contributed by atoms with Crippen LogP contribution in [-0.2, 0) is 16.0 Å². The molecule has 7 nitrogen and oxygen atoms in total. The van der Waals surface area contributed by atoms with Gasteiger partial charge in [-0.05, 0) is 44.4 Å². The highest BCUT2D eigenvalue weighted by Crippen LogP contribution is 2.29. The summed E-state index contributed by atoms with van der Waals surface area (Å²) in [6.45, 7) is 5.30. The number of benzene rings is 1. The van der Waals surface area contributed by atoms with E-state index in [0.717, 1.165) is 16.5 Å². The second-order valence-corrected chi connectivity index (χ2v) is 6.13. The van der Waals surface area contributed by atoms with E-state index in [1.54, 1.807) is 20.1 Å². The number of methoxy groups -OCH3 is 1. The van der Waals surface area contributed by atoms with Gasteiger partial charge in [-0.1, -0.05) is 6.92 Å². The Labute approximate surface area is 151 Å². The van der Waals surface area contributed by atoms with Gasteiger partial charge in [0, 0.05) is 22.9 Å². The molecule has 2 aromatic rings. The molecular formula is C19H23NO6. The van der Waals surface area contributed by atoms with Crippen molar-refractivity contribution in [2.24, 2.45) is 0 Å². The standard InChI is InChI=1S/C19H23NO6/c1-5-14(18(22)23)20-16(21)9-7-13-10(2)12-6-8-15(25-4)11(3)17(12)26-19(13)24/h6,8,14H,5,7,9H2,1-4H3,(H,20,21)(H,22,23). The molecule has 1 unspecified atom stereocenters. The Bertz CT molecular complexity index is 899. The van der Waals surface area contributed by atoms with Crippen LogP contribution < -0.4 is 15.7 Å². The average molecular weight is 361 g/mol. The molecule has 1 amide bonds. The van der Waals surface area contributed by atoms with Crippen LogP contribution in [0.1, 0.15) is 36.5 Å². The van der Waals surface area contributed by atoms with E-state index in [1.165, 1.54) is 0 Å². The smallest absolute Gasteiger partial charge is 0.339 e. The minimum Gasteiger partial charge on any atom is -0.496 e. The topological polar surface area (TPSA) is 106 Å². The van der Waals surface area contributed by atoms with Gasteiger partial charge in [0.1, 0.15) is 17.4 Å². The van der Waals surface area contributed by atoms with Crippen LogP contribution in [0.2, 0.25) is 0 Å². The van der Waals surface area contributed by atoms with E-state index < -0.39 is 23.5 Å². The number of aryl methyl sites for hydroxylation is 2. The quantitative estimate of drug-likeness (QED) is 0.733. The Morgan fingerprint density at radius 1 is 1.27 bits per heavy atom. The minimum atomic E-state index is -1.08. The largest absolute Gasteiger partial charge is 0.496 e. The lowest BCUT2D eigenvalue weighted by Crippen LogP contribution is -2.40. The fourth-order valence-corrected chi connectivity index (χ4v) is 2.92. The van der Waals surface area contributed by atoms with Gasteiger partial charge in [-0.2, -0.15) is 0 Å².